The maximum Gasteiger partial charge on any atom is 0.321 e. The number of aromatic nitrogens is 2. The van der Waals surface area contributed by atoms with Crippen molar-refractivity contribution in [2.75, 3.05) is 11.9 Å². The summed E-state index contributed by atoms with van der Waals surface area (Å²) in [4.78, 5) is 22.1. The lowest BCUT2D eigenvalue weighted by atomic mass is 10.1. The summed E-state index contributed by atoms with van der Waals surface area (Å²) in [6.45, 7) is 6.52. The Labute approximate surface area is 128 Å². The average molecular weight is 314 g/mol. The summed E-state index contributed by atoms with van der Waals surface area (Å²) in [5, 5.41) is 23.2. The molecule has 1 aromatic rings. The van der Waals surface area contributed by atoms with Crippen LogP contribution in [0.2, 0.25) is 0 Å². The first-order chi connectivity index (χ1) is 9.86. The molecule has 0 aliphatic carbocycles. The highest BCUT2D eigenvalue weighted by Crippen LogP contribution is 2.18. The molecule has 0 saturated heterocycles. The molecule has 118 valence electrons. The van der Waals surface area contributed by atoms with Crippen molar-refractivity contribution in [2.45, 2.75) is 40.0 Å². The van der Waals surface area contributed by atoms with Gasteiger partial charge in [0.15, 0.2) is 0 Å². The number of amides is 2. The molecule has 0 fully saturated rings. The van der Waals surface area contributed by atoms with Crippen LogP contribution in [0.1, 0.15) is 38.6 Å². The molecular formula is C13H22N4O3S. The van der Waals surface area contributed by atoms with Crippen LogP contribution in [-0.4, -0.2) is 33.8 Å². The Kier molecular flexibility index (Phi) is 7.07. The van der Waals surface area contributed by atoms with Crippen LogP contribution >= 0.6 is 11.3 Å². The fourth-order valence-corrected chi connectivity index (χ4v) is 2.56. The molecule has 1 unspecified atom stereocenters. The van der Waals surface area contributed by atoms with Crippen LogP contribution in [0, 0.1) is 11.8 Å². The lowest BCUT2D eigenvalue weighted by molar-refractivity contribution is -0.137. The van der Waals surface area contributed by atoms with Gasteiger partial charge in [0, 0.05) is 19.4 Å². The second-order valence-corrected chi connectivity index (χ2v) is 6.53. The van der Waals surface area contributed by atoms with Gasteiger partial charge in [0.25, 0.3) is 0 Å². The minimum Gasteiger partial charge on any atom is -0.481 e. The SMILES string of the molecule is CC(C)Cc1nnc(NC(=O)NCC(C)CCC(=O)O)s1. The van der Waals surface area contributed by atoms with Gasteiger partial charge in [-0.25, -0.2) is 4.79 Å². The zero-order chi connectivity index (χ0) is 15.8. The van der Waals surface area contributed by atoms with Crippen LogP contribution in [0.3, 0.4) is 0 Å². The molecule has 0 radical (unpaired) electrons. The van der Waals surface area contributed by atoms with E-state index < -0.39 is 5.97 Å². The Balaban J connectivity index is 2.30. The van der Waals surface area contributed by atoms with Crippen LogP contribution in [0.5, 0.6) is 0 Å². The maximum absolute atomic E-state index is 11.7. The molecule has 0 bridgehead atoms. The number of hydrogen-bond acceptors (Lipinski definition) is 5. The van der Waals surface area contributed by atoms with Crippen molar-refractivity contribution < 1.29 is 14.7 Å². The number of carbonyl (C=O) groups excluding carboxylic acids is 1. The molecule has 0 saturated carbocycles. The highest BCUT2D eigenvalue weighted by atomic mass is 32.1. The highest BCUT2D eigenvalue weighted by molar-refractivity contribution is 7.15. The van der Waals surface area contributed by atoms with Crippen LogP contribution in [0.25, 0.3) is 0 Å². The van der Waals surface area contributed by atoms with E-state index in [1.54, 1.807) is 0 Å². The second kappa shape index (κ2) is 8.56. The molecule has 8 heteroatoms. The van der Waals surface area contributed by atoms with Crippen molar-refractivity contribution in [3.05, 3.63) is 5.01 Å². The van der Waals surface area contributed by atoms with E-state index in [0.29, 0.717) is 24.0 Å². The van der Waals surface area contributed by atoms with Crippen molar-refractivity contribution in [3.63, 3.8) is 0 Å². The minimum absolute atomic E-state index is 0.109. The molecule has 21 heavy (non-hydrogen) atoms. The third-order valence-electron chi connectivity index (χ3n) is 2.73. The molecular weight excluding hydrogens is 292 g/mol. The number of nitrogens with one attached hydrogen (secondary N) is 2. The van der Waals surface area contributed by atoms with E-state index in [4.69, 9.17) is 5.11 Å². The van der Waals surface area contributed by atoms with Crippen molar-refractivity contribution >= 4 is 28.5 Å². The summed E-state index contributed by atoms with van der Waals surface area (Å²) < 4.78 is 0. The number of anilines is 1. The van der Waals surface area contributed by atoms with Gasteiger partial charge in [0.1, 0.15) is 5.01 Å². The number of carboxylic acids is 1. The first-order valence-electron chi connectivity index (χ1n) is 6.95. The quantitative estimate of drug-likeness (QED) is 0.683. The fourth-order valence-electron chi connectivity index (χ4n) is 1.62. The summed E-state index contributed by atoms with van der Waals surface area (Å²) in [7, 11) is 0. The van der Waals surface area contributed by atoms with E-state index in [1.165, 1.54) is 11.3 Å². The number of nitrogens with zero attached hydrogens (tertiary/aromatic N) is 2. The topological polar surface area (TPSA) is 104 Å². The number of carboxylic acid groups (broad SMARTS) is 1. The monoisotopic (exact) mass is 314 g/mol. The lowest BCUT2D eigenvalue weighted by Gasteiger charge is -2.11. The number of aliphatic carboxylic acids is 1. The van der Waals surface area contributed by atoms with Crippen LogP contribution in [0.15, 0.2) is 0 Å². The van der Waals surface area contributed by atoms with Gasteiger partial charge < -0.3 is 10.4 Å². The highest BCUT2D eigenvalue weighted by Gasteiger charge is 2.11. The molecule has 0 spiro atoms. The van der Waals surface area contributed by atoms with Gasteiger partial charge in [-0.3, -0.25) is 10.1 Å². The first-order valence-corrected chi connectivity index (χ1v) is 7.77. The van der Waals surface area contributed by atoms with Gasteiger partial charge >= 0.3 is 12.0 Å². The van der Waals surface area contributed by atoms with E-state index in [9.17, 15) is 9.59 Å². The summed E-state index contributed by atoms with van der Waals surface area (Å²) in [6, 6.07) is -0.343. The van der Waals surface area contributed by atoms with Gasteiger partial charge in [-0.15, -0.1) is 10.2 Å². The Morgan fingerprint density at radius 1 is 1.29 bits per heavy atom. The molecule has 1 heterocycles. The Morgan fingerprint density at radius 2 is 2.00 bits per heavy atom. The molecule has 0 aromatic carbocycles. The number of hydrogen-bond donors (Lipinski definition) is 3. The second-order valence-electron chi connectivity index (χ2n) is 5.47. The molecule has 2 amide bonds. The molecule has 1 aromatic heterocycles. The van der Waals surface area contributed by atoms with E-state index in [0.717, 1.165) is 11.4 Å². The van der Waals surface area contributed by atoms with Crippen molar-refractivity contribution in [2.24, 2.45) is 11.8 Å². The maximum atomic E-state index is 11.7. The van der Waals surface area contributed by atoms with Crippen molar-refractivity contribution in [1.82, 2.24) is 15.5 Å². The van der Waals surface area contributed by atoms with Crippen molar-refractivity contribution in [1.29, 1.82) is 0 Å². The van der Waals surface area contributed by atoms with Crippen LogP contribution < -0.4 is 10.6 Å². The first kappa shape index (κ1) is 17.4. The third-order valence-corrected chi connectivity index (χ3v) is 3.59. The Hall–Kier alpha value is -1.70. The predicted molar refractivity (Wildman–Crippen MR) is 81.5 cm³/mol. The van der Waals surface area contributed by atoms with Gasteiger partial charge in [-0.05, 0) is 18.3 Å². The zero-order valence-electron chi connectivity index (χ0n) is 12.5. The lowest BCUT2D eigenvalue weighted by Crippen LogP contribution is -2.32. The Morgan fingerprint density at radius 3 is 2.62 bits per heavy atom. The van der Waals surface area contributed by atoms with Gasteiger partial charge in [0.2, 0.25) is 5.13 Å². The molecule has 0 aliphatic heterocycles. The van der Waals surface area contributed by atoms with Crippen molar-refractivity contribution in [3.8, 4) is 0 Å². The molecule has 1 rings (SSSR count). The van der Waals surface area contributed by atoms with Crippen LogP contribution in [-0.2, 0) is 11.2 Å². The van der Waals surface area contributed by atoms with Gasteiger partial charge in [0.05, 0.1) is 0 Å². The average Bonchev–Trinajstić information content (AvgIpc) is 2.80. The van der Waals surface area contributed by atoms with E-state index in [1.807, 2.05) is 6.92 Å². The fraction of sp³-hybridized carbons (Fsp3) is 0.692. The molecule has 7 nitrogen and oxygen atoms in total. The normalized spacial score (nSPS) is 12.2. The number of carbonyl (C=O) groups is 2. The van der Waals surface area contributed by atoms with Crippen LogP contribution in [0.4, 0.5) is 9.93 Å². The third kappa shape index (κ3) is 7.60. The minimum atomic E-state index is -0.821. The zero-order valence-corrected chi connectivity index (χ0v) is 13.4. The van der Waals surface area contributed by atoms with Gasteiger partial charge in [-0.2, -0.15) is 0 Å². The molecule has 1 atom stereocenters. The number of urea groups is 1. The van der Waals surface area contributed by atoms with E-state index in [2.05, 4.69) is 34.7 Å². The van der Waals surface area contributed by atoms with E-state index in [-0.39, 0.29) is 18.4 Å². The summed E-state index contributed by atoms with van der Waals surface area (Å²) in [5.41, 5.74) is 0. The standard InChI is InChI=1S/C13H22N4O3S/c1-8(2)6-10-16-17-13(21-10)15-12(20)14-7-9(3)4-5-11(18)19/h8-9H,4-7H2,1-3H3,(H,18,19)(H2,14,15,17,20). The smallest absolute Gasteiger partial charge is 0.321 e. The van der Waals surface area contributed by atoms with E-state index >= 15 is 0 Å². The number of rotatable bonds is 8. The molecule has 3 N–H and O–H groups in total. The summed E-state index contributed by atoms with van der Waals surface area (Å²) >= 11 is 1.37. The predicted octanol–water partition coefficient (Wildman–Crippen LogP) is 2.36. The summed E-state index contributed by atoms with van der Waals surface area (Å²) in [5.74, 6) is -0.217. The van der Waals surface area contributed by atoms with Gasteiger partial charge in [-0.1, -0.05) is 32.1 Å². The largest absolute Gasteiger partial charge is 0.481 e. The Bertz CT molecular complexity index is 476. The molecule has 0 aliphatic rings. The summed E-state index contributed by atoms with van der Waals surface area (Å²) in [6.07, 6.45) is 1.49.